The monoisotopic (exact) mass is 286 g/mol. The van der Waals surface area contributed by atoms with E-state index in [0.717, 1.165) is 28.6 Å². The molecule has 3 rings (SSSR count). The highest BCUT2D eigenvalue weighted by Gasteiger charge is 2.17. The third-order valence-corrected chi connectivity index (χ3v) is 4.72. The summed E-state index contributed by atoms with van der Waals surface area (Å²) in [6.45, 7) is 0. The maximum absolute atomic E-state index is 12.0. The van der Waals surface area contributed by atoms with Gasteiger partial charge < -0.3 is 5.32 Å². The summed E-state index contributed by atoms with van der Waals surface area (Å²) in [7, 11) is 0. The fourth-order valence-corrected chi connectivity index (χ4v) is 3.53. The molecule has 0 unspecified atom stereocenters. The zero-order valence-electron chi connectivity index (χ0n) is 11.3. The number of rotatable bonds is 4. The van der Waals surface area contributed by atoms with Crippen LogP contribution in [0.5, 0.6) is 0 Å². The van der Waals surface area contributed by atoms with Gasteiger partial charge in [-0.15, -0.1) is 11.8 Å². The van der Waals surface area contributed by atoms with Gasteiger partial charge in [-0.3, -0.25) is 9.78 Å². The third-order valence-electron chi connectivity index (χ3n) is 3.67. The first-order valence-corrected chi connectivity index (χ1v) is 8.07. The molecule has 1 fully saturated rings. The molecule has 0 radical (unpaired) electrons. The second kappa shape index (κ2) is 6.27. The van der Waals surface area contributed by atoms with Crippen LogP contribution in [0.4, 0.5) is 0 Å². The van der Waals surface area contributed by atoms with Crippen molar-refractivity contribution in [2.75, 3.05) is 5.75 Å². The van der Waals surface area contributed by atoms with Crippen LogP contribution in [0.15, 0.2) is 41.4 Å². The van der Waals surface area contributed by atoms with Gasteiger partial charge >= 0.3 is 0 Å². The Labute approximate surface area is 123 Å². The van der Waals surface area contributed by atoms with Crippen LogP contribution in [0.3, 0.4) is 0 Å². The van der Waals surface area contributed by atoms with E-state index in [1.54, 1.807) is 18.0 Å². The number of nitrogens with one attached hydrogen (secondary N) is 1. The molecule has 4 heteroatoms. The summed E-state index contributed by atoms with van der Waals surface area (Å²) in [4.78, 5) is 17.4. The average molecular weight is 286 g/mol. The van der Waals surface area contributed by atoms with Crippen molar-refractivity contribution in [3.05, 3.63) is 36.5 Å². The number of fused-ring (bicyclic) bond motifs is 1. The van der Waals surface area contributed by atoms with Gasteiger partial charge in [0.15, 0.2) is 0 Å². The van der Waals surface area contributed by atoms with Gasteiger partial charge in [-0.05, 0) is 25.0 Å². The van der Waals surface area contributed by atoms with Crippen LogP contribution in [0.25, 0.3) is 10.9 Å². The lowest BCUT2D eigenvalue weighted by atomic mass is 10.2. The molecule has 1 aromatic heterocycles. The quantitative estimate of drug-likeness (QED) is 0.876. The third kappa shape index (κ3) is 3.12. The van der Waals surface area contributed by atoms with Gasteiger partial charge in [-0.1, -0.05) is 31.0 Å². The number of pyridine rings is 1. The van der Waals surface area contributed by atoms with E-state index >= 15 is 0 Å². The lowest BCUT2D eigenvalue weighted by Gasteiger charge is -2.11. The summed E-state index contributed by atoms with van der Waals surface area (Å²) >= 11 is 1.57. The molecule has 0 atom stereocenters. The van der Waals surface area contributed by atoms with Crippen molar-refractivity contribution < 1.29 is 4.79 Å². The molecule has 1 N–H and O–H groups in total. The molecule has 0 aliphatic heterocycles. The van der Waals surface area contributed by atoms with Crippen LogP contribution in [-0.4, -0.2) is 22.7 Å². The summed E-state index contributed by atoms with van der Waals surface area (Å²) in [5.41, 5.74) is 0.980. The van der Waals surface area contributed by atoms with Gasteiger partial charge in [-0.25, -0.2) is 0 Å². The molecule has 0 saturated heterocycles. The highest BCUT2D eigenvalue weighted by atomic mass is 32.2. The predicted octanol–water partition coefficient (Wildman–Crippen LogP) is 3.39. The van der Waals surface area contributed by atoms with Crippen molar-refractivity contribution >= 4 is 28.6 Å². The van der Waals surface area contributed by atoms with Crippen LogP contribution in [0.1, 0.15) is 25.7 Å². The largest absolute Gasteiger partial charge is 0.353 e. The molecule has 1 saturated carbocycles. The van der Waals surface area contributed by atoms with Crippen molar-refractivity contribution in [2.24, 2.45) is 0 Å². The number of carbonyl (C=O) groups is 1. The minimum atomic E-state index is 0.134. The van der Waals surface area contributed by atoms with Crippen LogP contribution in [0.2, 0.25) is 0 Å². The van der Waals surface area contributed by atoms with Crippen LogP contribution >= 0.6 is 11.8 Å². The van der Waals surface area contributed by atoms with Crippen molar-refractivity contribution in [1.29, 1.82) is 0 Å². The van der Waals surface area contributed by atoms with E-state index in [2.05, 4.69) is 10.3 Å². The zero-order chi connectivity index (χ0) is 13.8. The number of aromatic nitrogens is 1. The molecule has 0 spiro atoms. The number of hydrogen-bond donors (Lipinski definition) is 1. The fraction of sp³-hybridized carbons (Fsp3) is 0.375. The van der Waals surface area contributed by atoms with E-state index in [9.17, 15) is 4.79 Å². The number of thioether (sulfide) groups is 1. The van der Waals surface area contributed by atoms with Gasteiger partial charge in [0, 0.05) is 22.5 Å². The van der Waals surface area contributed by atoms with Crippen LogP contribution < -0.4 is 5.32 Å². The van der Waals surface area contributed by atoms with Gasteiger partial charge in [0.25, 0.3) is 0 Å². The second-order valence-corrected chi connectivity index (χ2v) is 6.19. The maximum atomic E-state index is 12.0. The summed E-state index contributed by atoms with van der Waals surface area (Å²) in [5.74, 6) is 0.599. The topological polar surface area (TPSA) is 42.0 Å². The first-order valence-electron chi connectivity index (χ1n) is 7.09. The molecular formula is C16H18N2OS. The van der Waals surface area contributed by atoms with Crippen molar-refractivity contribution in [1.82, 2.24) is 10.3 Å². The average Bonchev–Trinajstić information content (AvgIpc) is 2.98. The van der Waals surface area contributed by atoms with E-state index < -0.39 is 0 Å². The molecule has 20 heavy (non-hydrogen) atoms. The lowest BCUT2D eigenvalue weighted by Crippen LogP contribution is -2.33. The Bertz CT molecular complexity index is 603. The maximum Gasteiger partial charge on any atom is 0.230 e. The summed E-state index contributed by atoms with van der Waals surface area (Å²) in [6, 6.07) is 10.5. The number of carbonyl (C=O) groups excluding carboxylic acids is 1. The standard InChI is InChI=1S/C16H18N2OS/c19-15(18-13-7-1-2-8-13)11-20-14-9-3-5-12-6-4-10-17-16(12)14/h3-6,9-10,13H,1-2,7-8,11H2,(H,18,19). The van der Waals surface area contributed by atoms with E-state index in [0.29, 0.717) is 11.8 Å². The number of benzene rings is 1. The highest BCUT2D eigenvalue weighted by Crippen LogP contribution is 2.26. The van der Waals surface area contributed by atoms with Crippen LogP contribution in [-0.2, 0) is 4.79 Å². The number of hydrogen-bond acceptors (Lipinski definition) is 3. The molecule has 104 valence electrons. The summed E-state index contributed by atoms with van der Waals surface area (Å²) in [6.07, 6.45) is 6.54. The van der Waals surface area contributed by atoms with E-state index in [-0.39, 0.29) is 5.91 Å². The molecule has 1 amide bonds. The Balaban J connectivity index is 1.63. The lowest BCUT2D eigenvalue weighted by molar-refractivity contribution is -0.119. The Morgan fingerprint density at radius 2 is 2.05 bits per heavy atom. The minimum absolute atomic E-state index is 0.134. The number of para-hydroxylation sites is 1. The minimum Gasteiger partial charge on any atom is -0.353 e. The fourth-order valence-electron chi connectivity index (χ4n) is 2.68. The molecular weight excluding hydrogens is 268 g/mol. The van der Waals surface area contributed by atoms with Gasteiger partial charge in [0.2, 0.25) is 5.91 Å². The second-order valence-electron chi connectivity index (χ2n) is 5.17. The first kappa shape index (κ1) is 13.4. The van der Waals surface area contributed by atoms with Gasteiger partial charge in [-0.2, -0.15) is 0 Å². The number of amides is 1. The Hall–Kier alpha value is -1.55. The molecule has 2 aromatic rings. The molecule has 1 heterocycles. The van der Waals surface area contributed by atoms with Crippen molar-refractivity contribution in [3.63, 3.8) is 0 Å². The van der Waals surface area contributed by atoms with Crippen molar-refractivity contribution in [2.45, 2.75) is 36.6 Å². The smallest absolute Gasteiger partial charge is 0.230 e. The predicted molar refractivity (Wildman–Crippen MR) is 82.9 cm³/mol. The van der Waals surface area contributed by atoms with Crippen molar-refractivity contribution in [3.8, 4) is 0 Å². The highest BCUT2D eigenvalue weighted by molar-refractivity contribution is 8.00. The van der Waals surface area contributed by atoms with E-state index in [1.165, 1.54) is 12.8 Å². The molecule has 3 nitrogen and oxygen atoms in total. The molecule has 1 aliphatic carbocycles. The Morgan fingerprint density at radius 1 is 1.25 bits per heavy atom. The number of nitrogens with zero attached hydrogens (tertiary/aromatic N) is 1. The van der Waals surface area contributed by atoms with E-state index in [1.807, 2.05) is 30.3 Å². The normalized spacial score (nSPS) is 15.6. The molecule has 1 aliphatic rings. The van der Waals surface area contributed by atoms with Gasteiger partial charge in [0.05, 0.1) is 11.3 Å². The van der Waals surface area contributed by atoms with Crippen LogP contribution in [0, 0.1) is 0 Å². The molecule has 0 bridgehead atoms. The Morgan fingerprint density at radius 3 is 2.90 bits per heavy atom. The molecule has 1 aromatic carbocycles. The van der Waals surface area contributed by atoms with E-state index in [4.69, 9.17) is 0 Å². The zero-order valence-corrected chi connectivity index (χ0v) is 12.2. The Kier molecular flexibility index (Phi) is 4.21. The van der Waals surface area contributed by atoms with Gasteiger partial charge in [0.1, 0.15) is 0 Å². The summed E-state index contributed by atoms with van der Waals surface area (Å²) in [5, 5.41) is 4.24. The summed E-state index contributed by atoms with van der Waals surface area (Å²) < 4.78 is 0. The SMILES string of the molecule is O=C(CSc1cccc2cccnc12)NC1CCCC1. The first-order chi connectivity index (χ1) is 9.83.